The molecule has 0 aromatic heterocycles. The van der Waals surface area contributed by atoms with Gasteiger partial charge in [-0.2, -0.15) is 11.8 Å². The molecule has 1 rings (SSSR count). The van der Waals surface area contributed by atoms with Gasteiger partial charge in [-0.25, -0.2) is 0 Å². The smallest absolute Gasteiger partial charge is 0.136 e. The van der Waals surface area contributed by atoms with E-state index in [1.807, 2.05) is 18.7 Å². The lowest BCUT2D eigenvalue weighted by Crippen LogP contribution is -2.19. The van der Waals surface area contributed by atoms with Crippen LogP contribution in [0.1, 0.15) is 32.6 Å². The van der Waals surface area contributed by atoms with E-state index in [0.29, 0.717) is 18.3 Å². The maximum absolute atomic E-state index is 11.9. The minimum Gasteiger partial charge on any atom is -0.385 e. The van der Waals surface area contributed by atoms with Gasteiger partial charge in [0.1, 0.15) is 5.78 Å². The summed E-state index contributed by atoms with van der Waals surface area (Å²) in [5.41, 5.74) is 0. The third-order valence-corrected chi connectivity index (χ3v) is 4.18. The zero-order valence-corrected chi connectivity index (χ0v) is 10.6. The van der Waals surface area contributed by atoms with Crippen molar-refractivity contribution in [2.75, 3.05) is 25.2 Å². The number of thioether (sulfide) groups is 1. The normalized spacial score (nSPS) is 20.1. The molecule has 0 amide bonds. The van der Waals surface area contributed by atoms with E-state index in [4.69, 9.17) is 4.74 Å². The molecule has 88 valence electrons. The highest BCUT2D eigenvalue weighted by Gasteiger charge is 2.20. The monoisotopic (exact) mass is 230 g/mol. The summed E-state index contributed by atoms with van der Waals surface area (Å²) < 4.78 is 5.00. The van der Waals surface area contributed by atoms with Crippen LogP contribution in [0.2, 0.25) is 0 Å². The lowest BCUT2D eigenvalue weighted by molar-refractivity contribution is -0.123. The molecule has 0 N–H and O–H groups in total. The van der Waals surface area contributed by atoms with Crippen LogP contribution in [0.15, 0.2) is 0 Å². The van der Waals surface area contributed by atoms with Crippen molar-refractivity contribution in [2.45, 2.75) is 32.6 Å². The van der Waals surface area contributed by atoms with Gasteiger partial charge in [-0.1, -0.05) is 6.92 Å². The molecule has 1 unspecified atom stereocenters. The second kappa shape index (κ2) is 7.29. The minimum atomic E-state index is 0.180. The number of ether oxygens (including phenoxy) is 1. The van der Waals surface area contributed by atoms with Crippen molar-refractivity contribution in [1.82, 2.24) is 0 Å². The van der Waals surface area contributed by atoms with Gasteiger partial charge in [-0.15, -0.1) is 0 Å². The first kappa shape index (κ1) is 13.0. The van der Waals surface area contributed by atoms with Crippen LogP contribution in [0, 0.1) is 11.8 Å². The van der Waals surface area contributed by atoms with Gasteiger partial charge in [0.15, 0.2) is 0 Å². The number of methoxy groups -OCH3 is 1. The van der Waals surface area contributed by atoms with Gasteiger partial charge in [0.25, 0.3) is 0 Å². The summed E-state index contributed by atoms with van der Waals surface area (Å²) in [6.45, 7) is 2.73. The van der Waals surface area contributed by atoms with Crippen LogP contribution < -0.4 is 0 Å². The van der Waals surface area contributed by atoms with E-state index in [2.05, 4.69) is 0 Å². The summed E-state index contributed by atoms with van der Waals surface area (Å²) in [5, 5.41) is 0. The van der Waals surface area contributed by atoms with E-state index in [0.717, 1.165) is 12.8 Å². The summed E-state index contributed by atoms with van der Waals surface area (Å²) >= 11 is 2.02. The van der Waals surface area contributed by atoms with Gasteiger partial charge >= 0.3 is 0 Å². The van der Waals surface area contributed by atoms with Crippen molar-refractivity contribution in [2.24, 2.45) is 11.8 Å². The predicted octanol–water partition coefficient (Wildman–Crippen LogP) is 2.76. The van der Waals surface area contributed by atoms with Crippen LogP contribution in [0.4, 0.5) is 0 Å². The van der Waals surface area contributed by atoms with Crippen LogP contribution in [0.25, 0.3) is 0 Å². The number of hydrogen-bond acceptors (Lipinski definition) is 3. The molecule has 1 atom stereocenters. The first-order chi connectivity index (χ1) is 7.24. The van der Waals surface area contributed by atoms with Gasteiger partial charge in [0.05, 0.1) is 0 Å². The topological polar surface area (TPSA) is 26.3 Å². The molecule has 1 aliphatic rings. The number of rotatable bonds is 6. The van der Waals surface area contributed by atoms with Crippen molar-refractivity contribution in [3.8, 4) is 0 Å². The molecule has 15 heavy (non-hydrogen) atoms. The fourth-order valence-electron chi connectivity index (χ4n) is 1.89. The van der Waals surface area contributed by atoms with Crippen molar-refractivity contribution in [3.05, 3.63) is 0 Å². The molecule has 1 heterocycles. The van der Waals surface area contributed by atoms with Gasteiger partial charge in [-0.3, -0.25) is 4.79 Å². The average Bonchev–Trinajstić information content (AvgIpc) is 2.27. The van der Waals surface area contributed by atoms with Gasteiger partial charge < -0.3 is 4.74 Å². The molecule has 0 bridgehead atoms. The van der Waals surface area contributed by atoms with E-state index in [1.54, 1.807) is 7.11 Å². The molecule has 1 aliphatic heterocycles. The number of carbonyl (C=O) groups excluding carboxylic acids is 1. The Bertz CT molecular complexity index is 188. The molecule has 0 spiro atoms. The molecule has 0 radical (unpaired) electrons. The summed E-state index contributed by atoms with van der Waals surface area (Å²) in [6, 6.07) is 0. The van der Waals surface area contributed by atoms with Crippen LogP contribution in [-0.2, 0) is 9.53 Å². The highest BCUT2D eigenvalue weighted by atomic mass is 32.2. The van der Waals surface area contributed by atoms with Crippen LogP contribution >= 0.6 is 11.8 Å². The third kappa shape index (κ3) is 5.03. The first-order valence-electron chi connectivity index (χ1n) is 5.83. The number of hydrogen-bond donors (Lipinski definition) is 0. The largest absolute Gasteiger partial charge is 0.385 e. The fraction of sp³-hybridized carbons (Fsp3) is 0.917. The van der Waals surface area contributed by atoms with E-state index in [9.17, 15) is 4.79 Å². The fourth-order valence-corrected chi connectivity index (χ4v) is 3.10. The highest BCUT2D eigenvalue weighted by Crippen LogP contribution is 2.26. The summed E-state index contributed by atoms with van der Waals surface area (Å²) in [5.74, 6) is 3.75. The van der Waals surface area contributed by atoms with Crippen LogP contribution in [-0.4, -0.2) is 31.0 Å². The lowest BCUT2D eigenvalue weighted by Gasteiger charge is -2.21. The zero-order chi connectivity index (χ0) is 11.1. The van der Waals surface area contributed by atoms with E-state index in [1.165, 1.54) is 24.3 Å². The molecule has 0 aromatic rings. The SMILES string of the molecule is COCCC(C)C(=O)CC1CCSCC1. The highest BCUT2D eigenvalue weighted by molar-refractivity contribution is 7.99. The standard InChI is InChI=1S/C12H22O2S/c1-10(3-6-14-2)12(13)9-11-4-7-15-8-5-11/h10-11H,3-9H2,1-2H3. The summed E-state index contributed by atoms with van der Waals surface area (Å²) in [7, 11) is 1.69. The van der Waals surface area contributed by atoms with Gasteiger partial charge in [0.2, 0.25) is 0 Å². The Kier molecular flexibility index (Phi) is 6.34. The average molecular weight is 230 g/mol. The Labute approximate surface area is 97.1 Å². The number of ketones is 1. The minimum absolute atomic E-state index is 0.180. The maximum atomic E-state index is 11.9. The first-order valence-corrected chi connectivity index (χ1v) is 6.99. The Balaban J connectivity index is 2.20. The third-order valence-electron chi connectivity index (χ3n) is 3.14. The Morgan fingerprint density at radius 2 is 2.13 bits per heavy atom. The number of carbonyl (C=O) groups is 1. The Morgan fingerprint density at radius 1 is 1.47 bits per heavy atom. The van der Waals surface area contributed by atoms with Crippen molar-refractivity contribution in [3.63, 3.8) is 0 Å². The number of Topliss-reactive ketones (excluding diaryl/α,β-unsaturated/α-hetero) is 1. The Morgan fingerprint density at radius 3 is 2.73 bits per heavy atom. The van der Waals surface area contributed by atoms with Crippen molar-refractivity contribution >= 4 is 17.5 Å². The second-order valence-electron chi connectivity index (χ2n) is 4.41. The van der Waals surface area contributed by atoms with Gasteiger partial charge in [0, 0.05) is 26.1 Å². The molecule has 1 fully saturated rings. The van der Waals surface area contributed by atoms with Crippen LogP contribution in [0.5, 0.6) is 0 Å². The van der Waals surface area contributed by atoms with E-state index < -0.39 is 0 Å². The Hall–Kier alpha value is -0.0200. The molecular weight excluding hydrogens is 208 g/mol. The van der Waals surface area contributed by atoms with Crippen molar-refractivity contribution in [1.29, 1.82) is 0 Å². The predicted molar refractivity (Wildman–Crippen MR) is 65.3 cm³/mol. The molecular formula is C12H22O2S. The molecule has 0 saturated carbocycles. The van der Waals surface area contributed by atoms with E-state index in [-0.39, 0.29) is 5.92 Å². The lowest BCUT2D eigenvalue weighted by atomic mass is 9.90. The molecule has 0 aromatic carbocycles. The molecule has 1 saturated heterocycles. The van der Waals surface area contributed by atoms with Crippen LogP contribution in [0.3, 0.4) is 0 Å². The van der Waals surface area contributed by atoms with Crippen molar-refractivity contribution < 1.29 is 9.53 Å². The summed E-state index contributed by atoms with van der Waals surface area (Å²) in [4.78, 5) is 11.9. The molecule has 3 heteroatoms. The zero-order valence-electron chi connectivity index (χ0n) is 9.83. The molecule has 2 nitrogen and oxygen atoms in total. The second-order valence-corrected chi connectivity index (χ2v) is 5.63. The van der Waals surface area contributed by atoms with Gasteiger partial charge in [-0.05, 0) is 36.7 Å². The molecule has 0 aliphatic carbocycles. The summed E-state index contributed by atoms with van der Waals surface area (Å²) in [6.07, 6.45) is 4.13. The quantitative estimate of drug-likeness (QED) is 0.702. The maximum Gasteiger partial charge on any atom is 0.136 e. The van der Waals surface area contributed by atoms with E-state index >= 15 is 0 Å².